The monoisotopic (exact) mass is 366 g/mol. The minimum absolute atomic E-state index is 0.245. The van der Waals surface area contributed by atoms with Crippen molar-refractivity contribution in [3.8, 4) is 0 Å². The maximum atomic E-state index is 11.1. The Bertz CT molecular complexity index is 300. The highest BCUT2D eigenvalue weighted by Gasteiger charge is 2.40. The maximum Gasteiger partial charge on any atom is 0.501 e. The van der Waals surface area contributed by atoms with Gasteiger partial charge in [0.15, 0.2) is 0 Å². The summed E-state index contributed by atoms with van der Waals surface area (Å²) in [4.78, 5) is 11.1. The number of carbonyl (C=O) groups excluding carboxylic acids is 1. The fourth-order valence-electron chi connectivity index (χ4n) is 1.70. The Morgan fingerprint density at radius 2 is 1.29 bits per heavy atom. The summed E-state index contributed by atoms with van der Waals surface area (Å²) in [6.07, 6.45) is 1.68. The predicted molar refractivity (Wildman–Crippen MR) is 89.8 cm³/mol. The molecule has 8 nitrogen and oxygen atoms in total. The van der Waals surface area contributed by atoms with Gasteiger partial charge < -0.3 is 32.2 Å². The minimum atomic E-state index is -2.95. The Balaban J connectivity index is 4.64. The molecule has 0 amide bonds. The van der Waals surface area contributed by atoms with Gasteiger partial charge in [0.05, 0.1) is 46.2 Å². The molecular formula is C15H30O8Si. The Hall–Kier alpha value is -0.813. The Morgan fingerprint density at radius 1 is 0.833 bits per heavy atom. The Morgan fingerprint density at radius 3 is 1.67 bits per heavy atom. The van der Waals surface area contributed by atoms with E-state index in [1.165, 1.54) is 0 Å². The zero-order valence-corrected chi connectivity index (χ0v) is 15.9. The van der Waals surface area contributed by atoms with Crippen LogP contribution in [0.2, 0.25) is 6.04 Å². The second kappa shape index (κ2) is 15.7. The first-order valence-corrected chi connectivity index (χ1v) is 9.75. The van der Waals surface area contributed by atoms with Crippen LogP contribution < -0.4 is 0 Å². The van der Waals surface area contributed by atoms with Crippen LogP contribution in [0.4, 0.5) is 0 Å². The lowest BCUT2D eigenvalue weighted by molar-refractivity contribution is -0.137. The maximum absolute atomic E-state index is 11.1. The Kier molecular flexibility index (Phi) is 15.2. The molecule has 0 heterocycles. The van der Waals surface area contributed by atoms with E-state index in [0.29, 0.717) is 52.1 Å². The van der Waals surface area contributed by atoms with Crippen LogP contribution in [0.5, 0.6) is 0 Å². The van der Waals surface area contributed by atoms with Gasteiger partial charge in [0.1, 0.15) is 0 Å². The van der Waals surface area contributed by atoms with E-state index in [9.17, 15) is 4.79 Å². The summed E-state index contributed by atoms with van der Waals surface area (Å²) in [5, 5.41) is 0. The van der Waals surface area contributed by atoms with Crippen LogP contribution in [-0.4, -0.2) is 82.4 Å². The van der Waals surface area contributed by atoms with Crippen molar-refractivity contribution in [2.45, 2.75) is 12.5 Å². The van der Waals surface area contributed by atoms with Crippen LogP contribution in [-0.2, 0) is 37.0 Å². The minimum Gasteiger partial charge on any atom is -0.463 e. The molecule has 0 saturated carbocycles. The molecule has 0 aromatic rings. The van der Waals surface area contributed by atoms with E-state index in [2.05, 4.69) is 6.58 Å². The highest BCUT2D eigenvalue weighted by molar-refractivity contribution is 6.60. The zero-order chi connectivity index (χ0) is 18.1. The van der Waals surface area contributed by atoms with Gasteiger partial charge in [-0.05, 0) is 6.42 Å². The van der Waals surface area contributed by atoms with E-state index < -0.39 is 14.8 Å². The lowest BCUT2D eigenvalue weighted by Crippen LogP contribution is -2.48. The molecule has 0 N–H and O–H groups in total. The summed E-state index contributed by atoms with van der Waals surface area (Å²) in [7, 11) is 1.84. The lowest BCUT2D eigenvalue weighted by atomic mass is 10.5. The predicted octanol–water partition coefficient (Wildman–Crippen LogP) is 1.03. The number of hydrogen-bond acceptors (Lipinski definition) is 8. The number of methoxy groups -OCH3 is 3. The summed E-state index contributed by atoms with van der Waals surface area (Å²) in [5.41, 5.74) is 0. The van der Waals surface area contributed by atoms with Gasteiger partial charge in [0.2, 0.25) is 0 Å². The molecule has 0 aliphatic rings. The van der Waals surface area contributed by atoms with Crippen LogP contribution in [0, 0.1) is 0 Å². The molecule has 0 atom stereocenters. The number of carbonyl (C=O) groups is 1. The standard InChI is InChI=1S/C15H30O8Si/c1-5-15(16)20-7-6-14-24(21-11-8-17-2,22-12-9-18-3)23-13-10-19-4/h5H,1,6-14H2,2-4H3. The summed E-state index contributed by atoms with van der Waals surface area (Å²) in [6.45, 7) is 5.97. The molecule has 0 aliphatic heterocycles. The van der Waals surface area contributed by atoms with Gasteiger partial charge in [-0.2, -0.15) is 0 Å². The summed E-state index contributed by atoms with van der Waals surface area (Å²) in [5.74, 6) is -0.455. The van der Waals surface area contributed by atoms with Gasteiger partial charge in [-0.1, -0.05) is 6.58 Å². The second-order valence-electron chi connectivity index (χ2n) is 4.68. The first kappa shape index (κ1) is 23.2. The van der Waals surface area contributed by atoms with Gasteiger partial charge in [-0.15, -0.1) is 0 Å². The van der Waals surface area contributed by atoms with E-state index in [4.69, 9.17) is 32.2 Å². The quantitative estimate of drug-likeness (QED) is 0.163. The van der Waals surface area contributed by atoms with Crippen molar-refractivity contribution in [2.75, 3.05) is 67.6 Å². The summed E-state index contributed by atoms with van der Waals surface area (Å²) >= 11 is 0. The fraction of sp³-hybridized carbons (Fsp3) is 0.800. The number of ether oxygens (including phenoxy) is 4. The molecule has 142 valence electrons. The molecule has 0 aromatic heterocycles. The van der Waals surface area contributed by atoms with Crippen LogP contribution in [0.15, 0.2) is 12.7 Å². The number of rotatable bonds is 17. The van der Waals surface area contributed by atoms with Crippen molar-refractivity contribution in [3.63, 3.8) is 0 Å². The topological polar surface area (TPSA) is 81.7 Å². The van der Waals surface area contributed by atoms with Crippen LogP contribution in [0.1, 0.15) is 6.42 Å². The first-order valence-electron chi connectivity index (χ1n) is 7.82. The van der Waals surface area contributed by atoms with E-state index in [1.54, 1.807) is 21.3 Å². The molecule has 0 aliphatic carbocycles. The molecule has 0 aromatic carbocycles. The molecule has 0 unspecified atom stereocenters. The largest absolute Gasteiger partial charge is 0.501 e. The fourth-order valence-corrected chi connectivity index (χ4v) is 4.15. The average molecular weight is 366 g/mol. The zero-order valence-electron chi connectivity index (χ0n) is 14.9. The third-order valence-electron chi connectivity index (χ3n) is 2.87. The van der Waals surface area contributed by atoms with E-state index >= 15 is 0 Å². The third kappa shape index (κ3) is 11.7. The number of esters is 1. The Labute approximate surface area is 145 Å². The van der Waals surface area contributed by atoms with Crippen molar-refractivity contribution in [1.29, 1.82) is 0 Å². The molecule has 9 heteroatoms. The molecule has 0 radical (unpaired) electrons. The van der Waals surface area contributed by atoms with Gasteiger partial charge in [0.25, 0.3) is 0 Å². The average Bonchev–Trinajstić information content (AvgIpc) is 2.59. The van der Waals surface area contributed by atoms with Crippen molar-refractivity contribution in [2.24, 2.45) is 0 Å². The highest BCUT2D eigenvalue weighted by Crippen LogP contribution is 2.18. The summed E-state index contributed by atoms with van der Waals surface area (Å²) < 4.78 is 37.7. The highest BCUT2D eigenvalue weighted by atomic mass is 28.4. The van der Waals surface area contributed by atoms with Gasteiger partial charge in [-0.25, -0.2) is 4.79 Å². The smallest absolute Gasteiger partial charge is 0.463 e. The van der Waals surface area contributed by atoms with Gasteiger partial charge in [-0.3, -0.25) is 0 Å². The van der Waals surface area contributed by atoms with Crippen molar-refractivity contribution >= 4 is 14.8 Å². The molecule has 0 saturated heterocycles. The molecule has 24 heavy (non-hydrogen) atoms. The van der Waals surface area contributed by atoms with Crippen molar-refractivity contribution < 1.29 is 37.0 Å². The normalized spacial score (nSPS) is 11.5. The van der Waals surface area contributed by atoms with E-state index in [0.717, 1.165) is 6.08 Å². The SMILES string of the molecule is C=CC(=O)OCCC[Si](OCCOC)(OCCOC)OCCOC. The second-order valence-corrected chi connectivity index (χ2v) is 7.41. The first-order chi connectivity index (χ1) is 11.6. The van der Waals surface area contributed by atoms with Crippen LogP contribution in [0.25, 0.3) is 0 Å². The van der Waals surface area contributed by atoms with E-state index in [1.807, 2.05) is 0 Å². The molecule has 0 spiro atoms. The van der Waals surface area contributed by atoms with Crippen molar-refractivity contribution in [1.82, 2.24) is 0 Å². The number of hydrogen-bond donors (Lipinski definition) is 0. The molecular weight excluding hydrogens is 336 g/mol. The van der Waals surface area contributed by atoms with E-state index in [-0.39, 0.29) is 6.61 Å². The van der Waals surface area contributed by atoms with Crippen LogP contribution >= 0.6 is 0 Å². The van der Waals surface area contributed by atoms with Crippen LogP contribution in [0.3, 0.4) is 0 Å². The van der Waals surface area contributed by atoms with Gasteiger partial charge in [0, 0.05) is 33.4 Å². The molecule has 0 fully saturated rings. The molecule has 0 bridgehead atoms. The van der Waals surface area contributed by atoms with Crippen molar-refractivity contribution in [3.05, 3.63) is 12.7 Å². The lowest BCUT2D eigenvalue weighted by Gasteiger charge is -2.29. The third-order valence-corrected chi connectivity index (χ3v) is 5.76. The molecule has 0 rings (SSSR count). The van der Waals surface area contributed by atoms with Gasteiger partial charge >= 0.3 is 14.8 Å². The summed E-state index contributed by atoms with van der Waals surface area (Å²) in [6, 6.07) is 0.508.